The molecule has 1 aromatic carbocycles. The van der Waals surface area contributed by atoms with Crippen molar-refractivity contribution in [1.29, 1.82) is 0 Å². The van der Waals surface area contributed by atoms with Gasteiger partial charge >= 0.3 is 0 Å². The number of hydrogen-bond acceptors (Lipinski definition) is 4. The first-order valence-electron chi connectivity index (χ1n) is 7.14. The third kappa shape index (κ3) is 5.23. The number of unbranched alkanes of at least 4 members (excludes halogenated alkanes) is 2. The number of nitrogens with zero attached hydrogens (tertiary/aromatic N) is 2. The van der Waals surface area contributed by atoms with Gasteiger partial charge in [0.1, 0.15) is 5.01 Å². The van der Waals surface area contributed by atoms with Crippen molar-refractivity contribution in [3.8, 4) is 0 Å². The van der Waals surface area contributed by atoms with Crippen LogP contribution in [0.5, 0.6) is 0 Å². The highest BCUT2D eigenvalue weighted by Crippen LogP contribution is 2.25. The van der Waals surface area contributed by atoms with Crippen LogP contribution >= 0.6 is 34.5 Å². The highest BCUT2D eigenvalue weighted by atomic mass is 35.5. The number of nitrogens with one attached hydrogen (secondary N) is 1. The van der Waals surface area contributed by atoms with Gasteiger partial charge in [-0.3, -0.25) is 4.79 Å². The van der Waals surface area contributed by atoms with Crippen LogP contribution in [0.3, 0.4) is 0 Å². The second kappa shape index (κ2) is 8.46. The fourth-order valence-electron chi connectivity index (χ4n) is 1.92. The Hall–Kier alpha value is -1.17. The molecule has 0 spiro atoms. The summed E-state index contributed by atoms with van der Waals surface area (Å²) in [4.78, 5) is 11.7. The minimum absolute atomic E-state index is 0.00862. The first-order chi connectivity index (χ1) is 10.6. The molecule has 1 amide bonds. The molecule has 0 aliphatic heterocycles. The molecule has 0 aliphatic rings. The molecule has 0 saturated carbocycles. The van der Waals surface area contributed by atoms with E-state index in [1.165, 1.54) is 11.3 Å². The quantitative estimate of drug-likeness (QED) is 0.712. The Balaban J connectivity index is 1.90. The minimum Gasteiger partial charge on any atom is -0.301 e. The molecule has 0 atom stereocenters. The number of rotatable bonds is 7. The van der Waals surface area contributed by atoms with Gasteiger partial charge in [-0.1, -0.05) is 60.4 Å². The Labute approximate surface area is 143 Å². The standard InChI is InChI=1S/C15H17Cl2N3OS/c1-2-3-4-5-13(21)18-15-20-19-14(22-15)9-10-6-7-11(16)12(17)8-10/h6-8H,2-5,9H2,1H3,(H,18,20,21). The van der Waals surface area contributed by atoms with Gasteiger partial charge in [-0.15, -0.1) is 10.2 Å². The predicted octanol–water partition coefficient (Wildman–Crippen LogP) is 4.95. The second-order valence-corrected chi connectivity index (χ2v) is 6.81. The normalized spacial score (nSPS) is 10.7. The average Bonchev–Trinajstić information content (AvgIpc) is 2.90. The third-order valence-electron chi connectivity index (χ3n) is 3.06. The van der Waals surface area contributed by atoms with Crippen LogP contribution in [0.15, 0.2) is 18.2 Å². The largest absolute Gasteiger partial charge is 0.301 e. The molecule has 4 nitrogen and oxygen atoms in total. The zero-order valence-corrected chi connectivity index (χ0v) is 14.6. The van der Waals surface area contributed by atoms with Crippen molar-refractivity contribution in [3.05, 3.63) is 38.8 Å². The average molecular weight is 358 g/mol. The maximum atomic E-state index is 11.7. The molecule has 2 rings (SSSR count). The Morgan fingerprint density at radius 1 is 1.23 bits per heavy atom. The molecule has 0 aliphatic carbocycles. The van der Waals surface area contributed by atoms with Crippen molar-refractivity contribution in [2.75, 3.05) is 5.32 Å². The molecule has 0 unspecified atom stereocenters. The van der Waals surface area contributed by atoms with E-state index in [0.717, 1.165) is 29.8 Å². The first kappa shape index (κ1) is 17.2. The zero-order valence-electron chi connectivity index (χ0n) is 12.2. The van der Waals surface area contributed by atoms with Crippen LogP contribution in [-0.4, -0.2) is 16.1 Å². The maximum absolute atomic E-state index is 11.7. The third-order valence-corrected chi connectivity index (χ3v) is 4.64. The molecule has 2 aromatic rings. The summed E-state index contributed by atoms with van der Waals surface area (Å²) < 4.78 is 0. The van der Waals surface area contributed by atoms with E-state index in [1.54, 1.807) is 6.07 Å². The topological polar surface area (TPSA) is 54.9 Å². The second-order valence-electron chi connectivity index (χ2n) is 4.93. The van der Waals surface area contributed by atoms with E-state index in [0.29, 0.717) is 28.0 Å². The lowest BCUT2D eigenvalue weighted by Crippen LogP contribution is -2.10. The highest BCUT2D eigenvalue weighted by Gasteiger charge is 2.09. The monoisotopic (exact) mass is 357 g/mol. The van der Waals surface area contributed by atoms with Gasteiger partial charge < -0.3 is 5.32 Å². The van der Waals surface area contributed by atoms with Crippen molar-refractivity contribution in [1.82, 2.24) is 10.2 Å². The molecule has 118 valence electrons. The van der Waals surface area contributed by atoms with Gasteiger partial charge in [-0.05, 0) is 24.1 Å². The highest BCUT2D eigenvalue weighted by molar-refractivity contribution is 7.15. The number of amides is 1. The Morgan fingerprint density at radius 2 is 2.05 bits per heavy atom. The summed E-state index contributed by atoms with van der Waals surface area (Å²) in [5, 5.41) is 13.3. The lowest BCUT2D eigenvalue weighted by molar-refractivity contribution is -0.116. The van der Waals surface area contributed by atoms with Crippen molar-refractivity contribution in [2.45, 2.75) is 39.0 Å². The number of carbonyl (C=O) groups excluding carboxylic acids is 1. The minimum atomic E-state index is -0.00862. The van der Waals surface area contributed by atoms with Crippen molar-refractivity contribution in [3.63, 3.8) is 0 Å². The van der Waals surface area contributed by atoms with Gasteiger partial charge in [-0.25, -0.2) is 0 Å². The Morgan fingerprint density at radius 3 is 2.77 bits per heavy atom. The number of anilines is 1. The number of benzene rings is 1. The maximum Gasteiger partial charge on any atom is 0.226 e. The zero-order chi connectivity index (χ0) is 15.9. The molecule has 1 aromatic heterocycles. The molecule has 1 heterocycles. The van der Waals surface area contributed by atoms with E-state index in [1.807, 2.05) is 12.1 Å². The van der Waals surface area contributed by atoms with Gasteiger partial charge in [0.25, 0.3) is 0 Å². The van der Waals surface area contributed by atoms with E-state index in [2.05, 4.69) is 22.4 Å². The van der Waals surface area contributed by atoms with Crippen molar-refractivity contribution in [2.24, 2.45) is 0 Å². The number of aromatic nitrogens is 2. The van der Waals surface area contributed by atoms with Crippen LogP contribution in [-0.2, 0) is 11.2 Å². The summed E-state index contributed by atoms with van der Waals surface area (Å²) >= 11 is 13.3. The van der Waals surface area contributed by atoms with E-state index in [9.17, 15) is 4.79 Å². The molecule has 22 heavy (non-hydrogen) atoms. The fourth-order valence-corrected chi connectivity index (χ4v) is 3.03. The summed E-state index contributed by atoms with van der Waals surface area (Å²) in [5.74, 6) is -0.00862. The van der Waals surface area contributed by atoms with E-state index < -0.39 is 0 Å². The lowest BCUT2D eigenvalue weighted by Gasteiger charge is -2.00. The molecule has 0 radical (unpaired) electrons. The van der Waals surface area contributed by atoms with Crippen LogP contribution in [0.25, 0.3) is 0 Å². The molecule has 0 saturated heterocycles. The SMILES string of the molecule is CCCCCC(=O)Nc1nnc(Cc2ccc(Cl)c(Cl)c2)s1. The smallest absolute Gasteiger partial charge is 0.226 e. The van der Waals surface area contributed by atoms with Gasteiger partial charge in [0.2, 0.25) is 11.0 Å². The van der Waals surface area contributed by atoms with E-state index >= 15 is 0 Å². The number of carbonyl (C=O) groups is 1. The van der Waals surface area contributed by atoms with Crippen molar-refractivity contribution < 1.29 is 4.79 Å². The molecule has 7 heteroatoms. The number of hydrogen-bond donors (Lipinski definition) is 1. The molecule has 1 N–H and O–H groups in total. The molecule has 0 bridgehead atoms. The molecular weight excluding hydrogens is 341 g/mol. The summed E-state index contributed by atoms with van der Waals surface area (Å²) in [7, 11) is 0. The van der Waals surface area contributed by atoms with Gasteiger partial charge in [-0.2, -0.15) is 0 Å². The summed E-state index contributed by atoms with van der Waals surface area (Å²) in [6.07, 6.45) is 4.19. The Kier molecular flexibility index (Phi) is 6.61. The summed E-state index contributed by atoms with van der Waals surface area (Å²) in [6.45, 7) is 2.11. The summed E-state index contributed by atoms with van der Waals surface area (Å²) in [5.41, 5.74) is 1.01. The lowest BCUT2D eigenvalue weighted by atomic mass is 10.2. The van der Waals surface area contributed by atoms with E-state index in [-0.39, 0.29) is 5.91 Å². The molecule has 0 fully saturated rings. The van der Waals surface area contributed by atoms with Crippen LogP contribution < -0.4 is 5.32 Å². The predicted molar refractivity (Wildman–Crippen MR) is 91.9 cm³/mol. The van der Waals surface area contributed by atoms with Crippen LogP contribution in [0.1, 0.15) is 43.2 Å². The van der Waals surface area contributed by atoms with Gasteiger partial charge in [0, 0.05) is 12.8 Å². The molecular formula is C15H17Cl2N3OS. The van der Waals surface area contributed by atoms with Crippen LogP contribution in [0, 0.1) is 0 Å². The van der Waals surface area contributed by atoms with Gasteiger partial charge in [0.15, 0.2) is 0 Å². The van der Waals surface area contributed by atoms with E-state index in [4.69, 9.17) is 23.2 Å². The van der Waals surface area contributed by atoms with Crippen molar-refractivity contribution >= 4 is 45.6 Å². The summed E-state index contributed by atoms with van der Waals surface area (Å²) in [6, 6.07) is 5.48. The van der Waals surface area contributed by atoms with Crippen LogP contribution in [0.2, 0.25) is 10.0 Å². The number of halogens is 2. The van der Waals surface area contributed by atoms with Gasteiger partial charge in [0.05, 0.1) is 10.0 Å². The first-order valence-corrected chi connectivity index (χ1v) is 8.72. The Bertz CT molecular complexity index is 645. The van der Waals surface area contributed by atoms with Crippen LogP contribution in [0.4, 0.5) is 5.13 Å². The fraction of sp³-hybridized carbons (Fsp3) is 0.400.